The molecule has 0 unspecified atom stereocenters. The number of aryl methyl sites for hydroxylation is 1. The van der Waals surface area contributed by atoms with Crippen molar-refractivity contribution < 1.29 is 0 Å². The van der Waals surface area contributed by atoms with Crippen molar-refractivity contribution in [3.63, 3.8) is 0 Å². The molecule has 2 rings (SSSR count). The second kappa shape index (κ2) is 5.31. The van der Waals surface area contributed by atoms with Crippen molar-refractivity contribution in [1.82, 2.24) is 9.97 Å². The lowest BCUT2D eigenvalue weighted by Crippen LogP contribution is -2.01. The van der Waals surface area contributed by atoms with Gasteiger partial charge in [0, 0.05) is 28.1 Å². The average Bonchev–Trinajstić information content (AvgIpc) is 2.28. The molecule has 0 saturated heterocycles. The van der Waals surface area contributed by atoms with Crippen molar-refractivity contribution in [2.75, 3.05) is 17.7 Å². The fourth-order valence-corrected chi connectivity index (χ4v) is 2.00. The molecule has 0 spiro atoms. The Morgan fingerprint density at radius 3 is 2.71 bits per heavy atom. The first-order chi connectivity index (χ1) is 8.17. The van der Waals surface area contributed by atoms with E-state index >= 15 is 0 Å². The van der Waals surface area contributed by atoms with E-state index < -0.39 is 0 Å². The predicted octanol–water partition coefficient (Wildman–Crippen LogP) is 3.17. The molecule has 4 nitrogen and oxygen atoms in total. The maximum Gasteiger partial charge on any atom is 0.224 e. The fraction of sp³-hybridized carbons (Fsp3) is 0.167. The van der Waals surface area contributed by atoms with Crippen LogP contribution in [-0.4, -0.2) is 17.0 Å². The van der Waals surface area contributed by atoms with Crippen LogP contribution < -0.4 is 10.6 Å². The van der Waals surface area contributed by atoms with Crippen LogP contribution in [0, 0.1) is 10.5 Å². The van der Waals surface area contributed by atoms with Gasteiger partial charge in [0.2, 0.25) is 5.95 Å². The summed E-state index contributed by atoms with van der Waals surface area (Å²) in [5.41, 5.74) is 1.95. The third kappa shape index (κ3) is 3.29. The lowest BCUT2D eigenvalue weighted by atomic mass is 10.3. The summed E-state index contributed by atoms with van der Waals surface area (Å²) in [7, 11) is 1.81. The molecule has 17 heavy (non-hydrogen) atoms. The Bertz CT molecular complexity index is 528. The van der Waals surface area contributed by atoms with Crippen molar-refractivity contribution in [2.45, 2.75) is 6.92 Å². The maximum absolute atomic E-state index is 4.34. The maximum atomic E-state index is 4.34. The minimum absolute atomic E-state index is 0.623. The Hall–Kier alpha value is -1.37. The van der Waals surface area contributed by atoms with Gasteiger partial charge in [-0.15, -0.1) is 0 Å². The topological polar surface area (TPSA) is 49.8 Å². The fourth-order valence-electron chi connectivity index (χ4n) is 1.46. The number of benzene rings is 1. The third-order valence-electron chi connectivity index (χ3n) is 2.17. The van der Waals surface area contributed by atoms with Crippen molar-refractivity contribution >= 4 is 40.0 Å². The van der Waals surface area contributed by atoms with E-state index in [4.69, 9.17) is 0 Å². The molecular weight excluding hydrogens is 327 g/mol. The molecule has 2 aromatic rings. The van der Waals surface area contributed by atoms with Crippen LogP contribution in [0.3, 0.4) is 0 Å². The number of aromatic nitrogens is 2. The van der Waals surface area contributed by atoms with Crippen LogP contribution in [0.1, 0.15) is 5.69 Å². The first kappa shape index (κ1) is 12.1. The Kier molecular flexibility index (Phi) is 3.78. The van der Waals surface area contributed by atoms with Gasteiger partial charge < -0.3 is 10.6 Å². The van der Waals surface area contributed by atoms with Gasteiger partial charge >= 0.3 is 0 Å². The number of hydrogen-bond acceptors (Lipinski definition) is 4. The highest BCUT2D eigenvalue weighted by atomic mass is 127. The first-order valence-electron chi connectivity index (χ1n) is 5.23. The summed E-state index contributed by atoms with van der Waals surface area (Å²) in [6.07, 6.45) is 0. The molecule has 0 aliphatic rings. The lowest BCUT2D eigenvalue weighted by Gasteiger charge is -2.08. The summed E-state index contributed by atoms with van der Waals surface area (Å²) in [4.78, 5) is 8.59. The highest BCUT2D eigenvalue weighted by Gasteiger charge is 2.01. The van der Waals surface area contributed by atoms with Crippen molar-refractivity contribution in [3.8, 4) is 0 Å². The Morgan fingerprint density at radius 2 is 2.00 bits per heavy atom. The molecule has 1 aromatic carbocycles. The Morgan fingerprint density at radius 1 is 1.18 bits per heavy atom. The number of hydrogen-bond donors (Lipinski definition) is 2. The molecule has 0 amide bonds. The zero-order valence-corrected chi connectivity index (χ0v) is 11.8. The number of nitrogens with zero attached hydrogens (tertiary/aromatic N) is 2. The van der Waals surface area contributed by atoms with Crippen LogP contribution in [-0.2, 0) is 0 Å². The molecule has 1 aromatic heterocycles. The molecule has 88 valence electrons. The van der Waals surface area contributed by atoms with Gasteiger partial charge in [0.25, 0.3) is 0 Å². The van der Waals surface area contributed by atoms with E-state index in [-0.39, 0.29) is 0 Å². The third-order valence-corrected chi connectivity index (χ3v) is 2.85. The highest BCUT2D eigenvalue weighted by molar-refractivity contribution is 14.1. The van der Waals surface area contributed by atoms with E-state index in [9.17, 15) is 0 Å². The highest BCUT2D eigenvalue weighted by Crippen LogP contribution is 2.18. The summed E-state index contributed by atoms with van der Waals surface area (Å²) in [6, 6.07) is 10.1. The van der Waals surface area contributed by atoms with Crippen molar-refractivity contribution in [2.24, 2.45) is 0 Å². The monoisotopic (exact) mass is 340 g/mol. The molecule has 0 aliphatic heterocycles. The second-order valence-corrected chi connectivity index (χ2v) is 4.85. The predicted molar refractivity (Wildman–Crippen MR) is 78.8 cm³/mol. The van der Waals surface area contributed by atoms with Crippen LogP contribution in [0.4, 0.5) is 17.5 Å². The number of nitrogens with one attached hydrogen (secondary N) is 2. The summed E-state index contributed by atoms with van der Waals surface area (Å²) >= 11 is 2.28. The Labute approximate surface area is 114 Å². The van der Waals surface area contributed by atoms with Gasteiger partial charge in [-0.25, -0.2) is 4.98 Å². The number of anilines is 3. The van der Waals surface area contributed by atoms with E-state index in [2.05, 4.69) is 55.3 Å². The quantitative estimate of drug-likeness (QED) is 0.843. The minimum atomic E-state index is 0.623. The molecule has 0 saturated carbocycles. The molecule has 5 heteroatoms. The zero-order chi connectivity index (χ0) is 12.3. The summed E-state index contributed by atoms with van der Waals surface area (Å²) < 4.78 is 1.19. The second-order valence-electron chi connectivity index (χ2n) is 3.60. The standard InChI is InChI=1S/C12H13IN4/c1-8-6-11(17-12(14-2)15-8)16-10-5-3-4-9(13)7-10/h3-7H,1-2H3,(H2,14,15,16,17). The molecule has 0 radical (unpaired) electrons. The van der Waals surface area contributed by atoms with E-state index in [1.807, 2.05) is 32.2 Å². The molecule has 2 N–H and O–H groups in total. The van der Waals surface area contributed by atoms with Gasteiger partial charge in [-0.2, -0.15) is 4.98 Å². The summed E-state index contributed by atoms with van der Waals surface area (Å²) in [6.45, 7) is 1.95. The van der Waals surface area contributed by atoms with Crippen LogP contribution >= 0.6 is 22.6 Å². The number of rotatable bonds is 3. The molecule has 0 bridgehead atoms. The summed E-state index contributed by atoms with van der Waals surface area (Å²) in [5, 5.41) is 6.21. The van der Waals surface area contributed by atoms with E-state index in [0.29, 0.717) is 5.95 Å². The molecular formula is C12H13IN4. The molecule has 0 fully saturated rings. The van der Waals surface area contributed by atoms with Gasteiger partial charge in [-0.3, -0.25) is 0 Å². The van der Waals surface area contributed by atoms with Crippen LogP contribution in [0.15, 0.2) is 30.3 Å². The van der Waals surface area contributed by atoms with Gasteiger partial charge in [0.05, 0.1) is 0 Å². The SMILES string of the molecule is CNc1nc(C)cc(Nc2cccc(I)c2)n1. The van der Waals surface area contributed by atoms with Crippen LogP contribution in [0.5, 0.6) is 0 Å². The zero-order valence-electron chi connectivity index (χ0n) is 9.66. The first-order valence-corrected chi connectivity index (χ1v) is 6.31. The van der Waals surface area contributed by atoms with Gasteiger partial charge in [-0.1, -0.05) is 6.07 Å². The van der Waals surface area contributed by atoms with Crippen molar-refractivity contribution in [1.29, 1.82) is 0 Å². The minimum Gasteiger partial charge on any atom is -0.357 e. The van der Waals surface area contributed by atoms with Gasteiger partial charge in [0.1, 0.15) is 5.82 Å². The number of halogens is 1. The van der Waals surface area contributed by atoms with Gasteiger partial charge in [-0.05, 0) is 47.7 Å². The normalized spacial score (nSPS) is 10.1. The lowest BCUT2D eigenvalue weighted by molar-refractivity contribution is 1.10. The van der Waals surface area contributed by atoms with Crippen LogP contribution in [0.2, 0.25) is 0 Å². The van der Waals surface area contributed by atoms with Crippen LogP contribution in [0.25, 0.3) is 0 Å². The largest absolute Gasteiger partial charge is 0.357 e. The van der Waals surface area contributed by atoms with E-state index in [1.165, 1.54) is 3.57 Å². The Balaban J connectivity index is 2.26. The average molecular weight is 340 g/mol. The molecule has 0 atom stereocenters. The van der Waals surface area contributed by atoms with Crippen molar-refractivity contribution in [3.05, 3.63) is 39.6 Å². The molecule has 0 aliphatic carbocycles. The van der Waals surface area contributed by atoms with Gasteiger partial charge in [0.15, 0.2) is 0 Å². The van der Waals surface area contributed by atoms with E-state index in [1.54, 1.807) is 0 Å². The molecule has 1 heterocycles. The van der Waals surface area contributed by atoms with E-state index in [0.717, 1.165) is 17.2 Å². The summed E-state index contributed by atoms with van der Waals surface area (Å²) in [5.74, 6) is 1.42. The smallest absolute Gasteiger partial charge is 0.224 e.